The minimum Gasteiger partial charge on any atom is -0.383 e. The quantitative estimate of drug-likeness (QED) is 0.858. The highest BCUT2D eigenvalue weighted by molar-refractivity contribution is 5.56. The number of aromatic nitrogens is 3. The fraction of sp³-hybridized carbons (Fsp3) is 0.333. The van der Waals surface area contributed by atoms with Crippen LogP contribution in [0.5, 0.6) is 0 Å². The Balaban J connectivity index is 2.34. The van der Waals surface area contributed by atoms with E-state index in [1.54, 1.807) is 17.7 Å². The summed E-state index contributed by atoms with van der Waals surface area (Å²) in [7, 11) is 1.55. The van der Waals surface area contributed by atoms with Crippen molar-refractivity contribution in [2.24, 2.45) is 0 Å². The molecule has 1 aromatic heterocycles. The largest absolute Gasteiger partial charge is 0.416 e. The van der Waals surface area contributed by atoms with Crippen LogP contribution in [0.15, 0.2) is 30.6 Å². The molecule has 1 heterocycles. The van der Waals surface area contributed by atoms with E-state index in [2.05, 4.69) is 10.2 Å². The van der Waals surface area contributed by atoms with Crippen molar-refractivity contribution < 1.29 is 17.9 Å². The second-order valence-corrected chi connectivity index (χ2v) is 3.92. The molecule has 0 unspecified atom stereocenters. The smallest absolute Gasteiger partial charge is 0.383 e. The minimum atomic E-state index is -4.37. The number of methoxy groups -OCH3 is 1. The van der Waals surface area contributed by atoms with Crippen LogP contribution in [0.25, 0.3) is 11.4 Å². The zero-order chi connectivity index (χ0) is 13.9. The number of benzene rings is 1. The van der Waals surface area contributed by atoms with Gasteiger partial charge in [-0.1, -0.05) is 12.1 Å². The SMILES string of the molecule is COCCn1cnnc1-c1cccc(C(F)(F)F)c1. The molecule has 0 amide bonds. The van der Waals surface area contributed by atoms with Crippen molar-refractivity contribution in [1.82, 2.24) is 14.8 Å². The Morgan fingerprint density at radius 3 is 2.79 bits per heavy atom. The molecule has 0 N–H and O–H groups in total. The summed E-state index contributed by atoms with van der Waals surface area (Å²) in [5.74, 6) is 0.392. The van der Waals surface area contributed by atoms with Gasteiger partial charge in [-0.2, -0.15) is 13.2 Å². The van der Waals surface area contributed by atoms with Gasteiger partial charge in [0.2, 0.25) is 0 Å². The van der Waals surface area contributed by atoms with Gasteiger partial charge in [0.1, 0.15) is 6.33 Å². The first-order valence-corrected chi connectivity index (χ1v) is 5.57. The maximum atomic E-state index is 12.6. The predicted octanol–water partition coefficient (Wildman–Crippen LogP) is 2.61. The van der Waals surface area contributed by atoms with Crippen LogP contribution in [-0.2, 0) is 17.5 Å². The Morgan fingerprint density at radius 1 is 1.32 bits per heavy atom. The normalized spacial score (nSPS) is 11.8. The van der Waals surface area contributed by atoms with E-state index >= 15 is 0 Å². The summed E-state index contributed by atoms with van der Waals surface area (Å²) in [6.07, 6.45) is -2.90. The molecule has 0 radical (unpaired) electrons. The average Bonchev–Trinajstić information content (AvgIpc) is 2.83. The van der Waals surface area contributed by atoms with Crippen LogP contribution in [0, 0.1) is 0 Å². The molecule has 0 saturated carbocycles. The molecule has 1 aromatic carbocycles. The molecule has 4 nitrogen and oxygen atoms in total. The van der Waals surface area contributed by atoms with Crippen LogP contribution in [0.3, 0.4) is 0 Å². The van der Waals surface area contributed by atoms with Gasteiger partial charge in [0.15, 0.2) is 5.82 Å². The van der Waals surface area contributed by atoms with Gasteiger partial charge in [-0.25, -0.2) is 0 Å². The molecule has 0 fully saturated rings. The Kier molecular flexibility index (Phi) is 3.84. The molecule has 0 atom stereocenters. The number of nitrogens with zero attached hydrogens (tertiary/aromatic N) is 3. The molecule has 102 valence electrons. The highest BCUT2D eigenvalue weighted by atomic mass is 19.4. The summed E-state index contributed by atoms with van der Waals surface area (Å²) in [4.78, 5) is 0. The van der Waals surface area contributed by atoms with Crippen LogP contribution in [0.1, 0.15) is 5.56 Å². The maximum Gasteiger partial charge on any atom is 0.416 e. The second-order valence-electron chi connectivity index (χ2n) is 3.92. The summed E-state index contributed by atoms with van der Waals surface area (Å²) < 4.78 is 44.5. The number of rotatable bonds is 4. The van der Waals surface area contributed by atoms with Gasteiger partial charge in [-0.3, -0.25) is 0 Å². The molecular formula is C12H12F3N3O. The number of hydrogen-bond acceptors (Lipinski definition) is 3. The van der Waals surface area contributed by atoms with Crippen LogP contribution in [0.4, 0.5) is 13.2 Å². The zero-order valence-electron chi connectivity index (χ0n) is 10.2. The standard InChI is InChI=1S/C12H12F3N3O/c1-19-6-5-18-8-16-17-11(18)9-3-2-4-10(7-9)12(13,14)15/h2-4,7-8H,5-6H2,1H3. The molecule has 0 bridgehead atoms. The van der Waals surface area contributed by atoms with Crippen molar-refractivity contribution in [3.05, 3.63) is 36.2 Å². The lowest BCUT2D eigenvalue weighted by molar-refractivity contribution is -0.137. The molecule has 0 spiro atoms. The van der Waals surface area contributed by atoms with E-state index < -0.39 is 11.7 Å². The molecule has 0 aliphatic carbocycles. The first-order chi connectivity index (χ1) is 9.02. The highest BCUT2D eigenvalue weighted by Gasteiger charge is 2.30. The summed E-state index contributed by atoms with van der Waals surface area (Å²) in [6.45, 7) is 0.916. The first-order valence-electron chi connectivity index (χ1n) is 5.57. The topological polar surface area (TPSA) is 39.9 Å². The van der Waals surface area contributed by atoms with Gasteiger partial charge in [0.05, 0.1) is 12.2 Å². The summed E-state index contributed by atoms with van der Waals surface area (Å²) in [5, 5.41) is 7.57. The van der Waals surface area contributed by atoms with E-state index in [9.17, 15) is 13.2 Å². The van der Waals surface area contributed by atoms with Gasteiger partial charge < -0.3 is 9.30 Å². The number of ether oxygens (including phenoxy) is 1. The van der Waals surface area contributed by atoms with Gasteiger partial charge in [-0.15, -0.1) is 10.2 Å². The van der Waals surface area contributed by atoms with E-state index in [0.717, 1.165) is 12.1 Å². The molecule has 7 heteroatoms. The van der Waals surface area contributed by atoms with E-state index in [-0.39, 0.29) is 0 Å². The Morgan fingerprint density at radius 2 is 2.11 bits per heavy atom. The third-order valence-electron chi connectivity index (χ3n) is 2.60. The first kappa shape index (κ1) is 13.5. The summed E-state index contributed by atoms with van der Waals surface area (Å²) >= 11 is 0. The third-order valence-corrected chi connectivity index (χ3v) is 2.60. The van der Waals surface area contributed by atoms with Crippen molar-refractivity contribution in [2.45, 2.75) is 12.7 Å². The van der Waals surface area contributed by atoms with E-state index in [1.165, 1.54) is 12.4 Å². The van der Waals surface area contributed by atoms with Gasteiger partial charge in [0, 0.05) is 19.2 Å². The number of alkyl halides is 3. The fourth-order valence-corrected chi connectivity index (χ4v) is 1.67. The van der Waals surface area contributed by atoms with Gasteiger partial charge >= 0.3 is 6.18 Å². The zero-order valence-corrected chi connectivity index (χ0v) is 10.2. The summed E-state index contributed by atoms with van der Waals surface area (Å²) in [6, 6.07) is 5.02. The van der Waals surface area contributed by atoms with Crippen LogP contribution in [-0.4, -0.2) is 28.5 Å². The minimum absolute atomic E-state index is 0.378. The van der Waals surface area contributed by atoms with E-state index in [4.69, 9.17) is 4.74 Å². The molecule has 19 heavy (non-hydrogen) atoms. The Bertz CT molecular complexity index is 551. The van der Waals surface area contributed by atoms with Crippen molar-refractivity contribution >= 4 is 0 Å². The highest BCUT2D eigenvalue weighted by Crippen LogP contribution is 2.31. The molecule has 0 aliphatic heterocycles. The molecule has 0 saturated heterocycles. The Labute approximate surface area is 107 Å². The van der Waals surface area contributed by atoms with Gasteiger partial charge in [0.25, 0.3) is 0 Å². The van der Waals surface area contributed by atoms with Crippen molar-refractivity contribution in [1.29, 1.82) is 0 Å². The van der Waals surface area contributed by atoms with Crippen LogP contribution < -0.4 is 0 Å². The fourth-order valence-electron chi connectivity index (χ4n) is 1.67. The lowest BCUT2D eigenvalue weighted by Gasteiger charge is -2.09. The van der Waals surface area contributed by atoms with Gasteiger partial charge in [-0.05, 0) is 12.1 Å². The monoisotopic (exact) mass is 271 g/mol. The van der Waals surface area contributed by atoms with Crippen LogP contribution >= 0.6 is 0 Å². The second kappa shape index (κ2) is 5.40. The lowest BCUT2D eigenvalue weighted by Crippen LogP contribution is -2.07. The predicted molar refractivity (Wildman–Crippen MR) is 62.3 cm³/mol. The number of hydrogen-bond donors (Lipinski definition) is 0. The average molecular weight is 271 g/mol. The van der Waals surface area contributed by atoms with E-state index in [0.29, 0.717) is 24.5 Å². The summed E-state index contributed by atoms with van der Waals surface area (Å²) in [5.41, 5.74) is -0.324. The molecule has 2 aromatic rings. The number of halogens is 3. The molecule has 0 aliphatic rings. The van der Waals surface area contributed by atoms with Crippen molar-refractivity contribution in [2.75, 3.05) is 13.7 Å². The Hall–Kier alpha value is -1.89. The maximum absolute atomic E-state index is 12.6. The molecule has 2 rings (SSSR count). The molecular weight excluding hydrogens is 259 g/mol. The lowest BCUT2D eigenvalue weighted by atomic mass is 10.1. The van der Waals surface area contributed by atoms with E-state index in [1.807, 2.05) is 0 Å². The van der Waals surface area contributed by atoms with Crippen molar-refractivity contribution in [3.63, 3.8) is 0 Å². The van der Waals surface area contributed by atoms with Crippen LogP contribution in [0.2, 0.25) is 0 Å². The third kappa shape index (κ3) is 3.11. The van der Waals surface area contributed by atoms with Crippen molar-refractivity contribution in [3.8, 4) is 11.4 Å².